The van der Waals surface area contributed by atoms with Crippen LogP contribution in [0.5, 0.6) is 0 Å². The van der Waals surface area contributed by atoms with Crippen molar-refractivity contribution in [1.82, 2.24) is 4.98 Å². The number of hydrogen-bond donors (Lipinski definition) is 1. The zero-order valence-electron chi connectivity index (χ0n) is 6.31. The molecule has 0 amide bonds. The van der Waals surface area contributed by atoms with Crippen LogP contribution >= 0.6 is 15.9 Å². The fraction of sp³-hybridized carbons (Fsp3) is 0.125. The molecule has 1 rings (SSSR count). The SMILES string of the molecule is N=CC(Br)C=Nc1ccccn1. The van der Waals surface area contributed by atoms with Crippen LogP contribution in [0.4, 0.5) is 5.82 Å². The second-order valence-electron chi connectivity index (χ2n) is 2.08. The van der Waals surface area contributed by atoms with Crippen molar-refractivity contribution in [2.24, 2.45) is 4.99 Å². The number of aromatic nitrogens is 1. The highest BCUT2D eigenvalue weighted by Gasteiger charge is 1.92. The molecule has 1 aromatic heterocycles. The van der Waals surface area contributed by atoms with Gasteiger partial charge in [0.2, 0.25) is 0 Å². The van der Waals surface area contributed by atoms with Crippen molar-refractivity contribution in [1.29, 1.82) is 5.41 Å². The largest absolute Gasteiger partial charge is 0.312 e. The third-order valence-corrected chi connectivity index (χ3v) is 1.66. The van der Waals surface area contributed by atoms with Crippen molar-refractivity contribution >= 4 is 34.2 Å². The van der Waals surface area contributed by atoms with Crippen LogP contribution in [0.1, 0.15) is 0 Å². The number of halogens is 1. The average molecular weight is 226 g/mol. The second kappa shape index (κ2) is 4.77. The van der Waals surface area contributed by atoms with Crippen LogP contribution in [0, 0.1) is 5.41 Å². The standard InChI is InChI=1S/C8H8BrN3/c9-7(5-10)6-12-8-3-1-2-4-11-8/h1-7,10H. The average Bonchev–Trinajstić information content (AvgIpc) is 2.16. The smallest absolute Gasteiger partial charge is 0.151 e. The van der Waals surface area contributed by atoms with E-state index in [1.807, 2.05) is 12.1 Å². The predicted molar refractivity (Wildman–Crippen MR) is 53.9 cm³/mol. The summed E-state index contributed by atoms with van der Waals surface area (Å²) in [4.78, 5) is 7.92. The van der Waals surface area contributed by atoms with Gasteiger partial charge in [0.05, 0.1) is 4.83 Å². The maximum absolute atomic E-state index is 6.89. The van der Waals surface area contributed by atoms with Gasteiger partial charge in [-0.1, -0.05) is 22.0 Å². The fourth-order valence-electron chi connectivity index (χ4n) is 0.621. The first-order valence-corrected chi connectivity index (χ1v) is 4.34. The van der Waals surface area contributed by atoms with E-state index in [0.29, 0.717) is 5.82 Å². The molecule has 0 saturated carbocycles. The van der Waals surface area contributed by atoms with E-state index < -0.39 is 0 Å². The highest BCUT2D eigenvalue weighted by Crippen LogP contribution is 2.04. The Labute approximate surface area is 79.2 Å². The minimum atomic E-state index is -0.112. The van der Waals surface area contributed by atoms with Gasteiger partial charge in [-0.05, 0) is 12.1 Å². The Bertz CT molecular complexity index is 271. The van der Waals surface area contributed by atoms with Crippen molar-refractivity contribution in [2.75, 3.05) is 0 Å². The Hall–Kier alpha value is -1.03. The number of alkyl halides is 1. The first kappa shape index (κ1) is 9.06. The Balaban J connectivity index is 2.63. The lowest BCUT2D eigenvalue weighted by Crippen LogP contribution is -1.98. The molecule has 4 heteroatoms. The van der Waals surface area contributed by atoms with Gasteiger partial charge in [-0.25, -0.2) is 9.98 Å². The Morgan fingerprint density at radius 1 is 1.58 bits per heavy atom. The van der Waals surface area contributed by atoms with E-state index in [1.54, 1.807) is 18.5 Å². The van der Waals surface area contributed by atoms with E-state index in [4.69, 9.17) is 5.41 Å². The van der Waals surface area contributed by atoms with Crippen LogP contribution in [0.15, 0.2) is 29.4 Å². The Morgan fingerprint density at radius 3 is 3.00 bits per heavy atom. The summed E-state index contributed by atoms with van der Waals surface area (Å²) in [7, 11) is 0. The van der Waals surface area contributed by atoms with E-state index in [9.17, 15) is 0 Å². The van der Waals surface area contributed by atoms with Crippen molar-refractivity contribution in [3.63, 3.8) is 0 Å². The summed E-state index contributed by atoms with van der Waals surface area (Å²) in [6, 6.07) is 5.51. The fourth-order valence-corrected chi connectivity index (χ4v) is 0.739. The lowest BCUT2D eigenvalue weighted by Gasteiger charge is -1.92. The van der Waals surface area contributed by atoms with Gasteiger partial charge >= 0.3 is 0 Å². The van der Waals surface area contributed by atoms with Crippen LogP contribution in [-0.2, 0) is 0 Å². The molecular weight excluding hydrogens is 218 g/mol. The van der Waals surface area contributed by atoms with Gasteiger partial charge in [-0.15, -0.1) is 0 Å². The number of rotatable bonds is 3. The second-order valence-corrected chi connectivity index (χ2v) is 3.13. The molecule has 0 aliphatic rings. The Morgan fingerprint density at radius 2 is 2.42 bits per heavy atom. The molecule has 62 valence electrons. The molecule has 3 nitrogen and oxygen atoms in total. The molecule has 0 radical (unpaired) electrons. The van der Waals surface area contributed by atoms with Gasteiger partial charge in [0.15, 0.2) is 5.82 Å². The van der Waals surface area contributed by atoms with Gasteiger partial charge in [0.25, 0.3) is 0 Å². The summed E-state index contributed by atoms with van der Waals surface area (Å²) in [6.07, 6.45) is 4.56. The van der Waals surface area contributed by atoms with Crippen LogP contribution in [-0.4, -0.2) is 22.2 Å². The van der Waals surface area contributed by atoms with Crippen LogP contribution in [0.3, 0.4) is 0 Å². The molecule has 1 aromatic rings. The van der Waals surface area contributed by atoms with Crippen molar-refractivity contribution in [3.8, 4) is 0 Å². The first-order chi connectivity index (χ1) is 5.83. The summed E-state index contributed by atoms with van der Waals surface area (Å²) in [6.45, 7) is 0. The number of pyridine rings is 1. The number of aliphatic imine (C=N–C) groups is 1. The number of hydrogen-bond acceptors (Lipinski definition) is 3. The summed E-state index contributed by atoms with van der Waals surface area (Å²) < 4.78 is 0. The summed E-state index contributed by atoms with van der Waals surface area (Å²) in [5.74, 6) is 0.656. The van der Waals surface area contributed by atoms with E-state index >= 15 is 0 Å². The topological polar surface area (TPSA) is 49.1 Å². The van der Waals surface area contributed by atoms with Gasteiger partial charge in [0.1, 0.15) is 0 Å². The van der Waals surface area contributed by atoms with E-state index in [2.05, 4.69) is 25.9 Å². The molecule has 0 fully saturated rings. The Kier molecular flexibility index (Phi) is 3.60. The molecule has 0 saturated heterocycles. The zero-order valence-corrected chi connectivity index (χ0v) is 7.90. The van der Waals surface area contributed by atoms with E-state index in [0.717, 1.165) is 0 Å². The zero-order chi connectivity index (χ0) is 8.81. The van der Waals surface area contributed by atoms with E-state index in [-0.39, 0.29) is 4.83 Å². The van der Waals surface area contributed by atoms with E-state index in [1.165, 1.54) is 6.21 Å². The van der Waals surface area contributed by atoms with Crippen molar-refractivity contribution in [3.05, 3.63) is 24.4 Å². The molecule has 1 N–H and O–H groups in total. The molecular formula is C8H8BrN3. The third kappa shape index (κ3) is 2.92. The quantitative estimate of drug-likeness (QED) is 0.623. The molecule has 1 atom stereocenters. The molecule has 0 bridgehead atoms. The summed E-state index contributed by atoms with van der Waals surface area (Å²) in [5.41, 5.74) is 0. The van der Waals surface area contributed by atoms with Gasteiger partial charge < -0.3 is 5.41 Å². The van der Waals surface area contributed by atoms with Gasteiger partial charge in [-0.2, -0.15) is 0 Å². The molecule has 12 heavy (non-hydrogen) atoms. The van der Waals surface area contributed by atoms with Gasteiger partial charge in [-0.3, -0.25) is 0 Å². The minimum absolute atomic E-state index is 0.112. The van der Waals surface area contributed by atoms with Crippen LogP contribution < -0.4 is 0 Å². The van der Waals surface area contributed by atoms with Crippen molar-refractivity contribution in [2.45, 2.75) is 4.83 Å². The number of nitrogens with zero attached hydrogens (tertiary/aromatic N) is 2. The molecule has 1 heterocycles. The van der Waals surface area contributed by atoms with Gasteiger partial charge in [0, 0.05) is 18.6 Å². The highest BCUT2D eigenvalue weighted by molar-refractivity contribution is 9.10. The van der Waals surface area contributed by atoms with Crippen LogP contribution in [0.2, 0.25) is 0 Å². The summed E-state index contributed by atoms with van der Waals surface area (Å²) in [5, 5.41) is 6.89. The molecule has 0 spiro atoms. The molecule has 0 aliphatic heterocycles. The predicted octanol–water partition coefficient (Wildman–Crippen LogP) is 2.20. The van der Waals surface area contributed by atoms with Crippen molar-refractivity contribution < 1.29 is 0 Å². The third-order valence-electron chi connectivity index (χ3n) is 1.16. The highest BCUT2D eigenvalue weighted by atomic mass is 79.9. The lowest BCUT2D eigenvalue weighted by molar-refractivity contribution is 1.28. The lowest BCUT2D eigenvalue weighted by atomic mass is 10.4. The maximum Gasteiger partial charge on any atom is 0.151 e. The monoisotopic (exact) mass is 225 g/mol. The first-order valence-electron chi connectivity index (χ1n) is 3.43. The summed E-state index contributed by atoms with van der Waals surface area (Å²) >= 11 is 3.21. The minimum Gasteiger partial charge on any atom is -0.312 e. The number of nitrogens with one attached hydrogen (secondary N) is 1. The molecule has 0 aromatic carbocycles. The maximum atomic E-state index is 6.89. The van der Waals surface area contributed by atoms with Crippen LogP contribution in [0.25, 0.3) is 0 Å². The normalized spacial score (nSPS) is 13.1. The molecule has 0 aliphatic carbocycles. The molecule has 1 unspecified atom stereocenters.